The summed E-state index contributed by atoms with van der Waals surface area (Å²) in [4.78, 5) is 16.7. The van der Waals surface area contributed by atoms with Crippen molar-refractivity contribution in [3.8, 4) is 0 Å². The van der Waals surface area contributed by atoms with Gasteiger partial charge in [-0.25, -0.2) is 13.2 Å². The van der Waals surface area contributed by atoms with Crippen LogP contribution in [-0.2, 0) is 31.8 Å². The first-order chi connectivity index (χ1) is 11.9. The molecule has 0 heterocycles. The van der Waals surface area contributed by atoms with Gasteiger partial charge in [-0.1, -0.05) is 53.7 Å². The first-order valence-electron chi connectivity index (χ1n) is 7.32. The van der Waals surface area contributed by atoms with Crippen molar-refractivity contribution in [2.24, 2.45) is 10.9 Å². The number of hydrogen-bond donors (Lipinski definition) is 1. The summed E-state index contributed by atoms with van der Waals surface area (Å²) in [6.07, 6.45) is 0. The van der Waals surface area contributed by atoms with Crippen LogP contribution in [0, 0.1) is 0 Å². The van der Waals surface area contributed by atoms with Crippen LogP contribution in [0.5, 0.6) is 0 Å². The molecule has 0 spiro atoms. The molecule has 7 nitrogen and oxygen atoms in total. The Kier molecular flexibility index (Phi) is 6.13. The summed E-state index contributed by atoms with van der Waals surface area (Å²) in [5.74, 6) is -1.11. The SMILES string of the molecule is COC(=O)c1ccccc1CS(=O)(=O)C(N)=NOCc1ccccc1. The molecular formula is C17H18N2O5S. The summed E-state index contributed by atoms with van der Waals surface area (Å²) in [5, 5.41) is 2.82. The highest BCUT2D eigenvalue weighted by Gasteiger charge is 2.22. The highest BCUT2D eigenvalue weighted by molar-refractivity contribution is 8.05. The van der Waals surface area contributed by atoms with E-state index >= 15 is 0 Å². The Morgan fingerprint density at radius 3 is 2.40 bits per heavy atom. The van der Waals surface area contributed by atoms with Crippen LogP contribution in [0.3, 0.4) is 0 Å². The Morgan fingerprint density at radius 2 is 1.72 bits per heavy atom. The number of amidine groups is 1. The molecule has 0 bridgehead atoms. The van der Waals surface area contributed by atoms with Gasteiger partial charge in [-0.3, -0.25) is 0 Å². The minimum Gasteiger partial charge on any atom is -0.465 e. The van der Waals surface area contributed by atoms with Crippen molar-refractivity contribution >= 4 is 21.0 Å². The summed E-state index contributed by atoms with van der Waals surface area (Å²) >= 11 is 0. The molecule has 0 atom stereocenters. The molecule has 2 aromatic carbocycles. The molecule has 0 saturated carbocycles. The summed E-state index contributed by atoms with van der Waals surface area (Å²) in [5.41, 5.74) is 6.80. The number of sulfone groups is 1. The fraction of sp³-hybridized carbons (Fsp3) is 0.176. The van der Waals surface area contributed by atoms with E-state index in [-0.39, 0.29) is 17.7 Å². The van der Waals surface area contributed by atoms with Crippen molar-refractivity contribution in [2.45, 2.75) is 12.4 Å². The van der Waals surface area contributed by atoms with Crippen molar-refractivity contribution in [3.63, 3.8) is 0 Å². The number of ether oxygens (including phenoxy) is 1. The average molecular weight is 362 g/mol. The van der Waals surface area contributed by atoms with E-state index in [1.165, 1.54) is 19.2 Å². The highest BCUT2D eigenvalue weighted by atomic mass is 32.2. The van der Waals surface area contributed by atoms with Crippen LogP contribution in [0.25, 0.3) is 0 Å². The van der Waals surface area contributed by atoms with E-state index < -0.39 is 26.7 Å². The van der Waals surface area contributed by atoms with E-state index in [4.69, 9.17) is 10.6 Å². The fourth-order valence-corrected chi connectivity index (χ4v) is 3.01. The van der Waals surface area contributed by atoms with Gasteiger partial charge in [-0.05, 0) is 17.2 Å². The quantitative estimate of drug-likeness (QED) is 0.363. The molecular weight excluding hydrogens is 344 g/mol. The van der Waals surface area contributed by atoms with Crippen molar-refractivity contribution in [1.82, 2.24) is 0 Å². The van der Waals surface area contributed by atoms with E-state index in [0.717, 1.165) is 5.56 Å². The predicted molar refractivity (Wildman–Crippen MR) is 93.3 cm³/mol. The number of carbonyl (C=O) groups excluding carboxylic acids is 1. The van der Waals surface area contributed by atoms with E-state index in [1.807, 2.05) is 30.3 Å². The number of rotatable bonds is 6. The van der Waals surface area contributed by atoms with Crippen LogP contribution in [0.2, 0.25) is 0 Å². The Hall–Kier alpha value is -2.87. The predicted octanol–water partition coefficient (Wildman–Crippen LogP) is 1.83. The van der Waals surface area contributed by atoms with E-state index in [2.05, 4.69) is 9.89 Å². The van der Waals surface area contributed by atoms with Gasteiger partial charge in [0.1, 0.15) is 6.61 Å². The van der Waals surface area contributed by atoms with Gasteiger partial charge in [0.2, 0.25) is 9.84 Å². The van der Waals surface area contributed by atoms with Crippen LogP contribution in [0.4, 0.5) is 0 Å². The number of oxime groups is 1. The molecule has 0 aliphatic rings. The molecule has 8 heteroatoms. The van der Waals surface area contributed by atoms with Crippen LogP contribution in [-0.4, -0.2) is 26.7 Å². The number of esters is 1. The molecule has 2 aromatic rings. The van der Waals surface area contributed by atoms with Gasteiger partial charge in [-0.15, -0.1) is 0 Å². The lowest BCUT2D eigenvalue weighted by atomic mass is 10.1. The lowest BCUT2D eigenvalue weighted by Crippen LogP contribution is -2.26. The third-order valence-electron chi connectivity index (χ3n) is 3.32. The second kappa shape index (κ2) is 8.29. The Labute approximate surface area is 146 Å². The second-order valence-electron chi connectivity index (χ2n) is 5.10. The molecule has 0 radical (unpaired) electrons. The third kappa shape index (κ3) is 5.05. The Balaban J connectivity index is 2.10. The zero-order valence-corrected chi connectivity index (χ0v) is 14.4. The molecule has 132 valence electrons. The first kappa shape index (κ1) is 18.5. The van der Waals surface area contributed by atoms with Crippen LogP contribution in [0.15, 0.2) is 59.8 Å². The Bertz CT molecular complexity index is 864. The highest BCUT2D eigenvalue weighted by Crippen LogP contribution is 2.14. The maximum Gasteiger partial charge on any atom is 0.338 e. The summed E-state index contributed by atoms with van der Waals surface area (Å²) in [7, 11) is -2.71. The maximum atomic E-state index is 12.3. The molecule has 0 unspecified atom stereocenters. The summed E-state index contributed by atoms with van der Waals surface area (Å²) in [6, 6.07) is 15.4. The molecule has 0 aliphatic carbocycles. The van der Waals surface area contributed by atoms with Gasteiger partial charge in [0.15, 0.2) is 0 Å². The standard InChI is InChI=1S/C17H18N2O5S/c1-23-16(20)15-10-6-5-9-14(15)12-25(21,22)17(18)19-24-11-13-7-3-2-4-8-13/h2-10H,11-12H2,1H3,(H2,18,19). The van der Waals surface area contributed by atoms with Gasteiger partial charge in [0.25, 0.3) is 5.17 Å². The minimum atomic E-state index is -3.94. The van der Waals surface area contributed by atoms with Crippen LogP contribution in [0.1, 0.15) is 21.5 Å². The van der Waals surface area contributed by atoms with Crippen molar-refractivity contribution in [1.29, 1.82) is 0 Å². The number of methoxy groups -OCH3 is 1. The van der Waals surface area contributed by atoms with Crippen LogP contribution < -0.4 is 5.73 Å². The molecule has 0 aromatic heterocycles. The van der Waals surface area contributed by atoms with Gasteiger partial charge in [0, 0.05) is 0 Å². The van der Waals surface area contributed by atoms with Crippen LogP contribution >= 0.6 is 0 Å². The summed E-state index contributed by atoms with van der Waals surface area (Å²) < 4.78 is 29.3. The van der Waals surface area contributed by atoms with Gasteiger partial charge in [-0.2, -0.15) is 0 Å². The minimum absolute atomic E-state index is 0.0931. The fourth-order valence-electron chi connectivity index (χ4n) is 2.04. The molecule has 0 saturated heterocycles. The molecule has 2 rings (SSSR count). The van der Waals surface area contributed by atoms with Crippen molar-refractivity contribution < 1.29 is 22.8 Å². The number of hydrogen-bond acceptors (Lipinski definition) is 6. The largest absolute Gasteiger partial charge is 0.465 e. The maximum absolute atomic E-state index is 12.3. The average Bonchev–Trinajstić information content (AvgIpc) is 2.62. The third-order valence-corrected chi connectivity index (χ3v) is 4.72. The van der Waals surface area contributed by atoms with Gasteiger partial charge in [0.05, 0.1) is 18.4 Å². The zero-order valence-electron chi connectivity index (χ0n) is 13.6. The van der Waals surface area contributed by atoms with Gasteiger partial charge >= 0.3 is 5.97 Å². The van der Waals surface area contributed by atoms with E-state index in [0.29, 0.717) is 0 Å². The topological polar surface area (TPSA) is 108 Å². The normalized spacial score (nSPS) is 11.8. The summed E-state index contributed by atoms with van der Waals surface area (Å²) in [6.45, 7) is 0.0931. The number of benzene rings is 2. The zero-order chi connectivity index (χ0) is 18.3. The lowest BCUT2D eigenvalue weighted by Gasteiger charge is -2.08. The molecule has 2 N–H and O–H groups in total. The first-order valence-corrected chi connectivity index (χ1v) is 8.97. The monoisotopic (exact) mass is 362 g/mol. The second-order valence-corrected chi connectivity index (χ2v) is 7.03. The van der Waals surface area contributed by atoms with Crippen molar-refractivity contribution in [3.05, 3.63) is 71.3 Å². The smallest absolute Gasteiger partial charge is 0.338 e. The molecule has 25 heavy (non-hydrogen) atoms. The van der Waals surface area contributed by atoms with Gasteiger partial charge < -0.3 is 15.3 Å². The van der Waals surface area contributed by atoms with E-state index in [9.17, 15) is 13.2 Å². The number of nitrogens with zero attached hydrogens (tertiary/aromatic N) is 1. The van der Waals surface area contributed by atoms with E-state index in [1.54, 1.807) is 12.1 Å². The number of carbonyl (C=O) groups is 1. The Morgan fingerprint density at radius 1 is 1.08 bits per heavy atom. The lowest BCUT2D eigenvalue weighted by molar-refractivity contribution is 0.0600. The molecule has 0 fully saturated rings. The van der Waals surface area contributed by atoms with Crippen molar-refractivity contribution in [2.75, 3.05) is 7.11 Å². The number of nitrogens with two attached hydrogens (primary N) is 1. The molecule has 0 amide bonds. The molecule has 0 aliphatic heterocycles.